The number of nitrogens with one attached hydrogen (secondary N) is 1. The van der Waals surface area contributed by atoms with Crippen LogP contribution >= 0.6 is 0 Å². The molecule has 2 aliphatic rings. The van der Waals surface area contributed by atoms with Gasteiger partial charge in [0.25, 0.3) is 0 Å². The van der Waals surface area contributed by atoms with Gasteiger partial charge in [0.05, 0.1) is 6.54 Å². The van der Waals surface area contributed by atoms with Gasteiger partial charge in [-0.1, -0.05) is 12.1 Å². The summed E-state index contributed by atoms with van der Waals surface area (Å²) in [6, 6.07) is 6.30. The Bertz CT molecular complexity index is 624. The van der Waals surface area contributed by atoms with Gasteiger partial charge >= 0.3 is 6.09 Å². The van der Waals surface area contributed by atoms with Gasteiger partial charge in [-0.2, -0.15) is 0 Å². The first-order valence-corrected chi connectivity index (χ1v) is 9.33. The minimum absolute atomic E-state index is 0.233. The van der Waals surface area contributed by atoms with Crippen molar-refractivity contribution in [2.24, 2.45) is 5.92 Å². The first-order valence-electron chi connectivity index (χ1n) is 9.33. The van der Waals surface area contributed by atoms with E-state index in [0.29, 0.717) is 13.1 Å². The summed E-state index contributed by atoms with van der Waals surface area (Å²) in [5.74, 6) is 0.799. The van der Waals surface area contributed by atoms with Gasteiger partial charge in [-0.15, -0.1) is 0 Å². The fourth-order valence-corrected chi connectivity index (χ4v) is 3.72. The van der Waals surface area contributed by atoms with Crippen molar-refractivity contribution in [3.8, 4) is 0 Å². The van der Waals surface area contributed by atoms with E-state index < -0.39 is 5.60 Å². The third kappa shape index (κ3) is 4.66. The highest BCUT2D eigenvalue weighted by atomic mass is 16.6. The number of likely N-dealkylation sites (tertiary alicyclic amines) is 1. The van der Waals surface area contributed by atoms with Crippen LogP contribution in [0.4, 0.5) is 10.5 Å². The predicted molar refractivity (Wildman–Crippen MR) is 101 cm³/mol. The van der Waals surface area contributed by atoms with Crippen molar-refractivity contribution < 1.29 is 9.53 Å². The van der Waals surface area contributed by atoms with Crippen LogP contribution in [0.25, 0.3) is 0 Å². The number of ether oxygens (including phenoxy) is 1. The van der Waals surface area contributed by atoms with Crippen molar-refractivity contribution in [1.29, 1.82) is 0 Å². The molecular weight excluding hydrogens is 314 g/mol. The number of amides is 1. The highest BCUT2D eigenvalue weighted by Gasteiger charge is 2.29. The van der Waals surface area contributed by atoms with Crippen molar-refractivity contribution in [2.75, 3.05) is 32.0 Å². The molecular formula is C20H31N3O2. The summed E-state index contributed by atoms with van der Waals surface area (Å²) in [6.45, 7) is 10.4. The molecule has 1 aromatic rings. The molecule has 1 aromatic carbocycles. The minimum atomic E-state index is -0.457. The molecule has 1 fully saturated rings. The van der Waals surface area contributed by atoms with E-state index in [0.717, 1.165) is 18.2 Å². The lowest BCUT2D eigenvalue weighted by atomic mass is 10.0. The van der Waals surface area contributed by atoms with E-state index in [2.05, 4.69) is 35.5 Å². The first-order chi connectivity index (χ1) is 11.8. The van der Waals surface area contributed by atoms with Crippen molar-refractivity contribution in [2.45, 2.75) is 52.3 Å². The zero-order valence-corrected chi connectivity index (χ0v) is 16.0. The quantitative estimate of drug-likeness (QED) is 0.904. The van der Waals surface area contributed by atoms with Crippen LogP contribution in [0.2, 0.25) is 0 Å². The third-order valence-electron chi connectivity index (χ3n) is 4.99. The fraction of sp³-hybridized carbons (Fsp3) is 0.650. The molecule has 2 heterocycles. The van der Waals surface area contributed by atoms with Crippen LogP contribution in [0.5, 0.6) is 0 Å². The van der Waals surface area contributed by atoms with Gasteiger partial charge in [0, 0.05) is 25.3 Å². The summed E-state index contributed by atoms with van der Waals surface area (Å²) in [6.07, 6.45) is 2.27. The SMILES string of the molecule is CN1CCC(CCNc2cccc3c2CN(C(=O)OC(C)(C)C)C3)C1. The molecule has 0 saturated carbocycles. The Morgan fingerprint density at radius 3 is 2.80 bits per heavy atom. The number of carbonyl (C=O) groups excluding carboxylic acids is 1. The van der Waals surface area contributed by atoms with E-state index >= 15 is 0 Å². The molecule has 0 spiro atoms. The molecule has 0 bridgehead atoms. The van der Waals surface area contributed by atoms with Crippen LogP contribution in [0, 0.1) is 5.92 Å². The van der Waals surface area contributed by atoms with Crippen LogP contribution in [0.1, 0.15) is 44.7 Å². The monoisotopic (exact) mass is 345 g/mol. The van der Waals surface area contributed by atoms with Crippen LogP contribution in [0.15, 0.2) is 18.2 Å². The summed E-state index contributed by atoms with van der Waals surface area (Å²) in [5.41, 5.74) is 3.16. The summed E-state index contributed by atoms with van der Waals surface area (Å²) >= 11 is 0. The van der Waals surface area contributed by atoms with Gasteiger partial charge in [0.2, 0.25) is 0 Å². The molecule has 1 amide bonds. The Hall–Kier alpha value is -1.75. The average molecular weight is 345 g/mol. The molecule has 25 heavy (non-hydrogen) atoms. The van der Waals surface area contributed by atoms with E-state index in [9.17, 15) is 4.79 Å². The number of carbonyl (C=O) groups is 1. The second-order valence-corrected chi connectivity index (χ2v) is 8.41. The number of fused-ring (bicyclic) bond motifs is 1. The van der Waals surface area contributed by atoms with E-state index in [-0.39, 0.29) is 6.09 Å². The fourth-order valence-electron chi connectivity index (χ4n) is 3.72. The van der Waals surface area contributed by atoms with Crippen LogP contribution < -0.4 is 5.32 Å². The number of anilines is 1. The van der Waals surface area contributed by atoms with E-state index in [1.54, 1.807) is 4.90 Å². The zero-order valence-electron chi connectivity index (χ0n) is 16.0. The molecule has 1 saturated heterocycles. The van der Waals surface area contributed by atoms with Crippen LogP contribution in [-0.4, -0.2) is 48.2 Å². The molecule has 5 heteroatoms. The maximum absolute atomic E-state index is 12.3. The zero-order chi connectivity index (χ0) is 18.0. The Morgan fingerprint density at radius 1 is 1.32 bits per heavy atom. The lowest BCUT2D eigenvalue weighted by Crippen LogP contribution is -2.33. The Morgan fingerprint density at radius 2 is 2.12 bits per heavy atom. The van der Waals surface area contributed by atoms with Crippen LogP contribution in [-0.2, 0) is 17.8 Å². The molecule has 1 N–H and O–H groups in total. The normalized spacial score (nSPS) is 20.6. The molecule has 0 aliphatic carbocycles. The molecule has 3 rings (SSSR count). The molecule has 0 radical (unpaired) electrons. The maximum atomic E-state index is 12.3. The van der Waals surface area contributed by atoms with Gasteiger partial charge in [-0.3, -0.25) is 4.90 Å². The Balaban J connectivity index is 1.57. The highest BCUT2D eigenvalue weighted by molar-refractivity contribution is 5.71. The number of hydrogen-bond donors (Lipinski definition) is 1. The molecule has 2 aliphatic heterocycles. The van der Waals surface area contributed by atoms with Gasteiger partial charge in [0.1, 0.15) is 5.60 Å². The number of hydrogen-bond acceptors (Lipinski definition) is 4. The van der Waals surface area contributed by atoms with Crippen molar-refractivity contribution in [3.05, 3.63) is 29.3 Å². The maximum Gasteiger partial charge on any atom is 0.410 e. The van der Waals surface area contributed by atoms with Crippen molar-refractivity contribution in [3.63, 3.8) is 0 Å². The minimum Gasteiger partial charge on any atom is -0.444 e. The molecule has 138 valence electrons. The highest BCUT2D eigenvalue weighted by Crippen LogP contribution is 2.30. The van der Waals surface area contributed by atoms with Crippen molar-refractivity contribution >= 4 is 11.8 Å². The summed E-state index contributed by atoms with van der Waals surface area (Å²) in [5, 5.41) is 3.60. The largest absolute Gasteiger partial charge is 0.444 e. The smallest absolute Gasteiger partial charge is 0.410 e. The Kier molecular flexibility index (Phi) is 5.23. The van der Waals surface area contributed by atoms with Crippen molar-refractivity contribution in [1.82, 2.24) is 9.80 Å². The van der Waals surface area contributed by atoms with Gasteiger partial charge in [-0.05, 0) is 70.3 Å². The first kappa shape index (κ1) is 18.1. The second kappa shape index (κ2) is 7.24. The van der Waals surface area contributed by atoms with Crippen LogP contribution in [0.3, 0.4) is 0 Å². The number of benzene rings is 1. The third-order valence-corrected chi connectivity index (χ3v) is 4.99. The van der Waals surface area contributed by atoms with E-state index in [4.69, 9.17) is 4.74 Å². The van der Waals surface area contributed by atoms with E-state index in [1.165, 1.54) is 37.1 Å². The summed E-state index contributed by atoms with van der Waals surface area (Å²) in [4.78, 5) is 16.5. The lowest BCUT2D eigenvalue weighted by molar-refractivity contribution is 0.0242. The topological polar surface area (TPSA) is 44.8 Å². The lowest BCUT2D eigenvalue weighted by Gasteiger charge is -2.24. The average Bonchev–Trinajstić information content (AvgIpc) is 3.12. The standard InChI is InChI=1S/C20H31N3O2/c1-20(2,3)25-19(24)23-13-16-6-5-7-18(17(16)14-23)21-10-8-15-9-11-22(4)12-15/h5-7,15,21H,8-14H2,1-4H3. The molecule has 1 unspecified atom stereocenters. The van der Waals surface area contributed by atoms with Gasteiger partial charge < -0.3 is 15.0 Å². The molecule has 0 aromatic heterocycles. The number of rotatable bonds is 4. The summed E-state index contributed by atoms with van der Waals surface area (Å²) < 4.78 is 5.51. The molecule has 1 atom stereocenters. The molecule has 5 nitrogen and oxygen atoms in total. The summed E-state index contributed by atoms with van der Waals surface area (Å²) in [7, 11) is 2.20. The van der Waals surface area contributed by atoms with E-state index in [1.807, 2.05) is 20.8 Å². The van der Waals surface area contributed by atoms with Gasteiger partial charge in [0.15, 0.2) is 0 Å². The second-order valence-electron chi connectivity index (χ2n) is 8.41. The predicted octanol–water partition coefficient (Wildman–Crippen LogP) is 3.69. The number of nitrogens with zero attached hydrogens (tertiary/aromatic N) is 2. The van der Waals surface area contributed by atoms with Gasteiger partial charge in [-0.25, -0.2) is 4.79 Å². The Labute approximate surface area is 151 Å².